The van der Waals surface area contributed by atoms with E-state index in [1.54, 1.807) is 0 Å². The molecular weight excluding hydrogens is 294 g/mol. The predicted molar refractivity (Wildman–Crippen MR) is 74.5 cm³/mol. The smallest absolute Gasteiger partial charge is 0.137 e. The van der Waals surface area contributed by atoms with Crippen LogP contribution in [0.2, 0.25) is 0 Å². The Hall–Kier alpha value is -0.740. The minimum Gasteiger partial charge on any atom is -0.493 e. The molecule has 0 spiro atoms. The number of rotatable bonds is 2. The van der Waals surface area contributed by atoms with Crippen LogP contribution in [0.5, 0.6) is 11.5 Å². The summed E-state index contributed by atoms with van der Waals surface area (Å²) < 4.78 is 12.8. The van der Waals surface area contributed by atoms with Gasteiger partial charge in [-0.15, -0.1) is 0 Å². The second-order valence-electron chi connectivity index (χ2n) is 5.14. The van der Waals surface area contributed by atoms with Crippen LogP contribution >= 0.6 is 15.9 Å². The fraction of sp³-hybridized carbons (Fsp3) is 0.571. The van der Waals surface area contributed by atoms with Crippen molar-refractivity contribution in [3.8, 4) is 11.5 Å². The number of hydrogen-bond donors (Lipinski definition) is 1. The molecule has 1 unspecified atom stereocenters. The third kappa shape index (κ3) is 1.91. The highest BCUT2D eigenvalue weighted by molar-refractivity contribution is 9.10. The van der Waals surface area contributed by atoms with Gasteiger partial charge in [-0.2, -0.15) is 0 Å². The minimum atomic E-state index is 0.144. The number of ether oxygens (including phenoxy) is 2. The Morgan fingerprint density at radius 2 is 1.94 bits per heavy atom. The average molecular weight is 312 g/mol. The highest BCUT2D eigenvalue weighted by atomic mass is 79.9. The SMILES string of the molecule is CC(N)Cc1c2c(c(Br)c3c1OCC3)OCCC2. The number of hydrogen-bond acceptors (Lipinski definition) is 3. The van der Waals surface area contributed by atoms with Crippen LogP contribution in [-0.2, 0) is 19.3 Å². The fourth-order valence-electron chi connectivity index (χ4n) is 2.85. The summed E-state index contributed by atoms with van der Waals surface area (Å²) in [6.07, 6.45) is 3.95. The molecule has 98 valence electrons. The van der Waals surface area contributed by atoms with Crippen molar-refractivity contribution in [2.75, 3.05) is 13.2 Å². The fourth-order valence-corrected chi connectivity index (χ4v) is 3.59. The third-order valence-electron chi connectivity index (χ3n) is 3.59. The summed E-state index contributed by atoms with van der Waals surface area (Å²) >= 11 is 3.68. The largest absolute Gasteiger partial charge is 0.493 e. The highest BCUT2D eigenvalue weighted by Gasteiger charge is 2.29. The van der Waals surface area contributed by atoms with E-state index in [0.717, 1.165) is 54.9 Å². The normalized spacial score (nSPS) is 18.6. The van der Waals surface area contributed by atoms with Crippen molar-refractivity contribution in [2.45, 2.75) is 38.6 Å². The molecule has 2 aliphatic rings. The van der Waals surface area contributed by atoms with E-state index in [4.69, 9.17) is 15.2 Å². The Bertz CT molecular complexity index is 485. The maximum Gasteiger partial charge on any atom is 0.137 e. The van der Waals surface area contributed by atoms with E-state index in [1.165, 1.54) is 16.7 Å². The topological polar surface area (TPSA) is 44.5 Å². The summed E-state index contributed by atoms with van der Waals surface area (Å²) in [4.78, 5) is 0. The first-order valence-corrected chi connectivity index (χ1v) is 7.35. The molecule has 0 saturated carbocycles. The molecule has 0 amide bonds. The molecule has 3 rings (SSSR count). The monoisotopic (exact) mass is 311 g/mol. The summed E-state index contributed by atoms with van der Waals surface area (Å²) in [5.41, 5.74) is 9.81. The van der Waals surface area contributed by atoms with Crippen LogP contribution in [-0.4, -0.2) is 19.3 Å². The summed E-state index contributed by atoms with van der Waals surface area (Å²) in [7, 11) is 0. The quantitative estimate of drug-likeness (QED) is 0.913. The van der Waals surface area contributed by atoms with E-state index >= 15 is 0 Å². The van der Waals surface area contributed by atoms with Crippen molar-refractivity contribution in [3.05, 3.63) is 21.2 Å². The lowest BCUT2D eigenvalue weighted by Crippen LogP contribution is -2.21. The van der Waals surface area contributed by atoms with Crippen molar-refractivity contribution in [1.29, 1.82) is 0 Å². The van der Waals surface area contributed by atoms with Gasteiger partial charge >= 0.3 is 0 Å². The molecule has 1 aromatic rings. The van der Waals surface area contributed by atoms with Gasteiger partial charge in [0.05, 0.1) is 17.7 Å². The molecule has 0 radical (unpaired) electrons. The first kappa shape index (κ1) is 12.3. The lowest BCUT2D eigenvalue weighted by molar-refractivity contribution is 0.284. The second kappa shape index (κ2) is 4.74. The van der Waals surface area contributed by atoms with Gasteiger partial charge in [0.25, 0.3) is 0 Å². The minimum absolute atomic E-state index is 0.144. The average Bonchev–Trinajstić information content (AvgIpc) is 2.83. The van der Waals surface area contributed by atoms with Crippen LogP contribution in [0.15, 0.2) is 4.47 Å². The summed E-state index contributed by atoms with van der Waals surface area (Å²) in [5.74, 6) is 2.09. The Morgan fingerprint density at radius 3 is 2.72 bits per heavy atom. The first-order chi connectivity index (χ1) is 8.68. The van der Waals surface area contributed by atoms with Gasteiger partial charge in [-0.25, -0.2) is 0 Å². The lowest BCUT2D eigenvalue weighted by atomic mass is 9.92. The Kier molecular flexibility index (Phi) is 3.24. The van der Waals surface area contributed by atoms with Gasteiger partial charge in [-0.05, 0) is 42.1 Å². The van der Waals surface area contributed by atoms with Gasteiger partial charge in [0.15, 0.2) is 0 Å². The van der Waals surface area contributed by atoms with Gasteiger partial charge < -0.3 is 15.2 Å². The molecule has 4 heteroatoms. The van der Waals surface area contributed by atoms with Crippen molar-refractivity contribution in [1.82, 2.24) is 0 Å². The maximum atomic E-state index is 5.98. The van der Waals surface area contributed by atoms with Crippen LogP contribution < -0.4 is 15.2 Å². The van der Waals surface area contributed by atoms with Gasteiger partial charge in [0, 0.05) is 29.2 Å². The van der Waals surface area contributed by atoms with Crippen LogP contribution in [0.25, 0.3) is 0 Å². The molecule has 3 nitrogen and oxygen atoms in total. The van der Waals surface area contributed by atoms with Crippen LogP contribution in [0.3, 0.4) is 0 Å². The molecule has 2 heterocycles. The van der Waals surface area contributed by atoms with Crippen LogP contribution in [0.1, 0.15) is 30.0 Å². The van der Waals surface area contributed by atoms with E-state index in [1.807, 2.05) is 6.92 Å². The van der Waals surface area contributed by atoms with E-state index in [2.05, 4.69) is 15.9 Å². The number of fused-ring (bicyclic) bond motifs is 2. The molecular formula is C14H18BrNO2. The van der Waals surface area contributed by atoms with Crippen molar-refractivity contribution in [3.63, 3.8) is 0 Å². The maximum absolute atomic E-state index is 5.98. The van der Waals surface area contributed by atoms with E-state index in [-0.39, 0.29) is 6.04 Å². The van der Waals surface area contributed by atoms with E-state index < -0.39 is 0 Å². The second-order valence-corrected chi connectivity index (χ2v) is 5.93. The third-order valence-corrected chi connectivity index (χ3v) is 4.43. The van der Waals surface area contributed by atoms with E-state index in [0.29, 0.717) is 0 Å². The predicted octanol–water partition coefficient (Wildman–Crippen LogP) is 2.60. The first-order valence-electron chi connectivity index (χ1n) is 6.55. The van der Waals surface area contributed by atoms with Crippen molar-refractivity contribution >= 4 is 15.9 Å². The molecule has 18 heavy (non-hydrogen) atoms. The number of benzene rings is 1. The lowest BCUT2D eigenvalue weighted by Gasteiger charge is -2.25. The standard InChI is InChI=1S/C14H18BrNO2/c1-8(16)7-11-9-3-2-5-17-14(9)12(15)10-4-6-18-13(10)11/h8H,2-7,16H2,1H3. The summed E-state index contributed by atoms with van der Waals surface area (Å²) in [5, 5.41) is 0. The molecule has 0 bridgehead atoms. The van der Waals surface area contributed by atoms with Gasteiger partial charge in [0.2, 0.25) is 0 Å². The molecule has 2 N–H and O–H groups in total. The van der Waals surface area contributed by atoms with Gasteiger partial charge in [-0.3, -0.25) is 0 Å². The van der Waals surface area contributed by atoms with Gasteiger partial charge in [-0.1, -0.05) is 0 Å². The molecule has 1 aromatic carbocycles. The number of nitrogens with two attached hydrogens (primary N) is 1. The highest BCUT2D eigenvalue weighted by Crippen LogP contribution is 2.46. The zero-order valence-corrected chi connectivity index (χ0v) is 12.2. The zero-order chi connectivity index (χ0) is 12.7. The Labute approximate surface area is 116 Å². The van der Waals surface area contributed by atoms with Gasteiger partial charge in [0.1, 0.15) is 11.5 Å². The molecule has 0 fully saturated rings. The Morgan fingerprint density at radius 1 is 1.17 bits per heavy atom. The molecule has 0 aliphatic carbocycles. The summed E-state index contributed by atoms with van der Waals surface area (Å²) in [6.45, 7) is 3.62. The Balaban J connectivity index is 2.18. The van der Waals surface area contributed by atoms with E-state index in [9.17, 15) is 0 Å². The molecule has 0 aromatic heterocycles. The number of halogens is 1. The molecule has 0 saturated heterocycles. The summed E-state index contributed by atoms with van der Waals surface area (Å²) in [6, 6.07) is 0.144. The van der Waals surface area contributed by atoms with Crippen LogP contribution in [0.4, 0.5) is 0 Å². The zero-order valence-electron chi connectivity index (χ0n) is 10.6. The van der Waals surface area contributed by atoms with Crippen LogP contribution in [0, 0.1) is 0 Å². The van der Waals surface area contributed by atoms with Crippen molar-refractivity contribution in [2.24, 2.45) is 5.73 Å². The molecule has 1 atom stereocenters. The molecule has 2 aliphatic heterocycles. The van der Waals surface area contributed by atoms with Crippen molar-refractivity contribution < 1.29 is 9.47 Å².